The second-order valence-electron chi connectivity index (χ2n) is 5.18. The summed E-state index contributed by atoms with van der Waals surface area (Å²) in [6, 6.07) is 5.61. The third-order valence-electron chi connectivity index (χ3n) is 2.79. The van der Waals surface area contributed by atoms with Crippen LogP contribution in [0.25, 0.3) is 0 Å². The number of nitrogens with zero attached hydrogens (tertiary/aromatic N) is 3. The molecule has 0 saturated heterocycles. The molecule has 0 heterocycles. The second-order valence-corrected chi connectivity index (χ2v) is 5.18. The number of allylic oxidation sites excluding steroid dienone is 2. The molecule has 1 aromatic carbocycles. The standard InChI is InChI=1S/C16H15F3N4O2/c1-10(2)6-7-13(23-25)15(24)14(9-20)22-21-12-5-3-4-11(8-12)16(17,18)19/h3-8,10,21,25H,1-2H3/b7-6+,22-14+,23-13+. The first-order chi connectivity index (χ1) is 11.7. The van der Waals surface area contributed by atoms with Gasteiger partial charge in [0.1, 0.15) is 6.07 Å². The third kappa shape index (κ3) is 6.10. The molecule has 25 heavy (non-hydrogen) atoms. The van der Waals surface area contributed by atoms with Crippen molar-refractivity contribution < 1.29 is 23.2 Å². The highest BCUT2D eigenvalue weighted by Gasteiger charge is 2.30. The number of nitriles is 1. The summed E-state index contributed by atoms with van der Waals surface area (Å²) in [4.78, 5) is 12.1. The molecule has 0 spiro atoms. The Hall–Kier alpha value is -3.15. The summed E-state index contributed by atoms with van der Waals surface area (Å²) >= 11 is 0. The minimum Gasteiger partial charge on any atom is -0.410 e. The van der Waals surface area contributed by atoms with Gasteiger partial charge in [-0.25, -0.2) is 0 Å². The van der Waals surface area contributed by atoms with Crippen LogP contribution in [0.3, 0.4) is 0 Å². The molecule has 9 heteroatoms. The molecule has 0 amide bonds. The molecule has 0 radical (unpaired) electrons. The van der Waals surface area contributed by atoms with Crippen LogP contribution in [-0.4, -0.2) is 22.4 Å². The van der Waals surface area contributed by atoms with E-state index in [-0.39, 0.29) is 11.6 Å². The Morgan fingerprint density at radius 2 is 2.08 bits per heavy atom. The Bertz CT molecular complexity index is 759. The fourth-order valence-electron chi connectivity index (χ4n) is 1.57. The van der Waals surface area contributed by atoms with Crippen LogP contribution in [0, 0.1) is 17.2 Å². The molecule has 0 fully saturated rings. The summed E-state index contributed by atoms with van der Waals surface area (Å²) in [6.45, 7) is 3.65. The molecule has 0 saturated carbocycles. The van der Waals surface area contributed by atoms with Gasteiger partial charge in [0.05, 0.1) is 11.3 Å². The van der Waals surface area contributed by atoms with E-state index in [0.717, 1.165) is 18.2 Å². The van der Waals surface area contributed by atoms with Gasteiger partial charge >= 0.3 is 6.18 Å². The fourth-order valence-corrected chi connectivity index (χ4v) is 1.57. The Morgan fingerprint density at radius 1 is 1.40 bits per heavy atom. The van der Waals surface area contributed by atoms with E-state index in [2.05, 4.69) is 15.7 Å². The monoisotopic (exact) mass is 352 g/mol. The summed E-state index contributed by atoms with van der Waals surface area (Å²) in [7, 11) is 0. The van der Waals surface area contributed by atoms with Gasteiger partial charge in [0.25, 0.3) is 0 Å². The molecule has 6 nitrogen and oxygen atoms in total. The fraction of sp³-hybridized carbons (Fsp3) is 0.250. The van der Waals surface area contributed by atoms with E-state index in [1.54, 1.807) is 6.08 Å². The van der Waals surface area contributed by atoms with E-state index >= 15 is 0 Å². The first-order valence-corrected chi connectivity index (χ1v) is 7.05. The number of oxime groups is 1. The molecule has 132 valence electrons. The predicted molar refractivity (Wildman–Crippen MR) is 86.3 cm³/mol. The highest BCUT2D eigenvalue weighted by molar-refractivity contribution is 6.71. The van der Waals surface area contributed by atoms with Crippen molar-refractivity contribution in [3.8, 4) is 6.07 Å². The van der Waals surface area contributed by atoms with Gasteiger partial charge in [-0.15, -0.1) is 0 Å². The van der Waals surface area contributed by atoms with Gasteiger partial charge in [0.2, 0.25) is 11.5 Å². The summed E-state index contributed by atoms with van der Waals surface area (Å²) in [6.07, 6.45) is -1.74. The van der Waals surface area contributed by atoms with E-state index in [4.69, 9.17) is 10.5 Å². The number of hydrazone groups is 1. The van der Waals surface area contributed by atoms with Gasteiger partial charge in [-0.3, -0.25) is 10.2 Å². The number of benzene rings is 1. The first kappa shape index (κ1) is 19.9. The molecule has 0 bridgehead atoms. The average Bonchev–Trinajstić information content (AvgIpc) is 2.55. The van der Waals surface area contributed by atoms with Crippen LogP contribution in [0.15, 0.2) is 46.7 Å². The zero-order chi connectivity index (χ0) is 19.0. The van der Waals surface area contributed by atoms with Crippen molar-refractivity contribution in [2.75, 3.05) is 5.43 Å². The quantitative estimate of drug-likeness (QED) is 0.464. The van der Waals surface area contributed by atoms with Crippen molar-refractivity contribution in [3.05, 3.63) is 42.0 Å². The molecule has 0 atom stereocenters. The number of ketones is 1. The van der Waals surface area contributed by atoms with Gasteiger partial charge in [-0.1, -0.05) is 31.1 Å². The lowest BCUT2D eigenvalue weighted by Crippen LogP contribution is -2.22. The van der Waals surface area contributed by atoms with Gasteiger partial charge in [0, 0.05) is 0 Å². The Kier molecular flexibility index (Phi) is 6.87. The maximum atomic E-state index is 12.6. The maximum absolute atomic E-state index is 12.6. The minimum atomic E-state index is -4.53. The Morgan fingerprint density at radius 3 is 2.60 bits per heavy atom. The SMILES string of the molecule is CC(C)/C=C/C(=N\O)C(=O)/C(C#N)=N/Nc1cccc(C(F)(F)F)c1. The van der Waals surface area contributed by atoms with Gasteiger partial charge in [-0.05, 0) is 30.2 Å². The van der Waals surface area contributed by atoms with Crippen LogP contribution in [-0.2, 0) is 11.0 Å². The smallest absolute Gasteiger partial charge is 0.410 e. The number of nitrogens with one attached hydrogen (secondary N) is 1. The molecule has 0 aliphatic heterocycles. The molecule has 0 aliphatic carbocycles. The highest BCUT2D eigenvalue weighted by Crippen LogP contribution is 2.30. The lowest BCUT2D eigenvalue weighted by Gasteiger charge is -2.08. The van der Waals surface area contributed by atoms with Crippen LogP contribution in [0.2, 0.25) is 0 Å². The molecule has 1 rings (SSSR count). The first-order valence-electron chi connectivity index (χ1n) is 7.05. The van der Waals surface area contributed by atoms with Gasteiger partial charge in [-0.2, -0.15) is 23.5 Å². The molecule has 0 unspecified atom stereocenters. The van der Waals surface area contributed by atoms with E-state index < -0.39 is 28.9 Å². The number of carbonyl (C=O) groups excluding carboxylic acids is 1. The number of halogens is 3. The normalized spacial score (nSPS) is 13.2. The van der Waals surface area contributed by atoms with Crippen molar-refractivity contribution in [2.45, 2.75) is 20.0 Å². The number of rotatable bonds is 6. The van der Waals surface area contributed by atoms with Crippen LogP contribution in [0.5, 0.6) is 0 Å². The third-order valence-corrected chi connectivity index (χ3v) is 2.79. The Labute approximate surface area is 142 Å². The minimum absolute atomic E-state index is 0.0596. The number of Topliss-reactive ketones (excluding diaryl/α,β-unsaturated/α-hetero) is 1. The van der Waals surface area contributed by atoms with Crippen molar-refractivity contribution >= 4 is 22.9 Å². The van der Waals surface area contributed by atoms with Crippen LogP contribution in [0.4, 0.5) is 18.9 Å². The van der Waals surface area contributed by atoms with Crippen LogP contribution >= 0.6 is 0 Å². The summed E-state index contributed by atoms with van der Waals surface area (Å²) in [5.74, 6) is -0.906. The van der Waals surface area contributed by atoms with Gasteiger partial charge in [0.15, 0.2) is 5.71 Å². The van der Waals surface area contributed by atoms with Crippen molar-refractivity contribution in [1.29, 1.82) is 5.26 Å². The summed E-state index contributed by atoms with van der Waals surface area (Å²) in [5.41, 5.74) is 0.165. The van der Waals surface area contributed by atoms with Gasteiger partial charge < -0.3 is 5.21 Å². The molecule has 2 N–H and O–H groups in total. The molecule has 0 aliphatic rings. The maximum Gasteiger partial charge on any atom is 0.416 e. The van der Waals surface area contributed by atoms with E-state index in [1.807, 2.05) is 13.8 Å². The topological polar surface area (TPSA) is 97.8 Å². The van der Waals surface area contributed by atoms with Crippen molar-refractivity contribution in [1.82, 2.24) is 0 Å². The number of hydrogen-bond donors (Lipinski definition) is 2. The van der Waals surface area contributed by atoms with Crippen LogP contribution < -0.4 is 5.43 Å². The number of carbonyl (C=O) groups is 1. The van der Waals surface area contributed by atoms with E-state index in [0.29, 0.717) is 0 Å². The summed E-state index contributed by atoms with van der Waals surface area (Å²) < 4.78 is 37.9. The zero-order valence-electron chi connectivity index (χ0n) is 13.4. The molecular formula is C16H15F3N4O2. The molecule has 1 aromatic rings. The number of alkyl halides is 3. The Balaban J connectivity index is 3.01. The number of anilines is 1. The highest BCUT2D eigenvalue weighted by atomic mass is 19.4. The van der Waals surface area contributed by atoms with E-state index in [9.17, 15) is 18.0 Å². The lowest BCUT2D eigenvalue weighted by molar-refractivity contribution is -0.137. The van der Waals surface area contributed by atoms with Crippen molar-refractivity contribution in [2.24, 2.45) is 16.2 Å². The number of hydrogen-bond acceptors (Lipinski definition) is 6. The molecular weight excluding hydrogens is 337 g/mol. The predicted octanol–water partition coefficient (Wildman–Crippen LogP) is 3.61. The summed E-state index contributed by atoms with van der Waals surface area (Å²) in [5, 5.41) is 24.2. The second kappa shape index (κ2) is 8.63. The average molecular weight is 352 g/mol. The molecule has 0 aromatic heterocycles. The zero-order valence-corrected chi connectivity index (χ0v) is 13.4. The largest absolute Gasteiger partial charge is 0.416 e. The van der Waals surface area contributed by atoms with Crippen LogP contribution in [0.1, 0.15) is 19.4 Å². The lowest BCUT2D eigenvalue weighted by atomic mass is 10.1. The van der Waals surface area contributed by atoms with Crippen molar-refractivity contribution in [3.63, 3.8) is 0 Å². The van der Waals surface area contributed by atoms with E-state index in [1.165, 1.54) is 18.2 Å².